The predicted octanol–water partition coefficient (Wildman–Crippen LogP) is 2.89. The molecule has 4 aromatic rings. The number of aromatic nitrogens is 4. The second-order valence-electron chi connectivity index (χ2n) is 10.7. The minimum atomic E-state index is -0.416. The van der Waals surface area contributed by atoms with E-state index in [1.54, 1.807) is 40.2 Å². The van der Waals surface area contributed by atoms with E-state index in [-0.39, 0.29) is 35.7 Å². The summed E-state index contributed by atoms with van der Waals surface area (Å²) in [7, 11) is 0. The summed E-state index contributed by atoms with van der Waals surface area (Å²) in [6.45, 7) is 2.82. The summed E-state index contributed by atoms with van der Waals surface area (Å²) in [6.07, 6.45) is 6.71. The van der Waals surface area contributed by atoms with Gasteiger partial charge in [-0.3, -0.25) is 14.4 Å². The molecule has 0 bridgehead atoms. The van der Waals surface area contributed by atoms with E-state index >= 15 is 0 Å². The number of fused-ring (bicyclic) bond motifs is 1. The molecule has 1 aliphatic heterocycles. The van der Waals surface area contributed by atoms with Crippen LogP contribution in [0.3, 0.4) is 0 Å². The first kappa shape index (κ1) is 28.3. The average molecular weight is 584 g/mol. The number of nitrogens with one attached hydrogen (secondary N) is 2. The van der Waals surface area contributed by atoms with Crippen molar-refractivity contribution in [3.8, 4) is 5.88 Å². The lowest BCUT2D eigenvalue weighted by atomic mass is 9.85. The Bertz CT molecular complexity index is 1610. The van der Waals surface area contributed by atoms with E-state index in [1.165, 1.54) is 0 Å². The van der Waals surface area contributed by atoms with Crippen LogP contribution in [-0.4, -0.2) is 82.1 Å². The summed E-state index contributed by atoms with van der Waals surface area (Å²) in [6, 6.07) is 14.4. The Balaban J connectivity index is 1.23. The first-order valence-electron chi connectivity index (χ1n) is 14.5. The molecular formula is C31H33N7O5. The summed E-state index contributed by atoms with van der Waals surface area (Å²) < 4.78 is 12.7. The lowest BCUT2D eigenvalue weighted by molar-refractivity contribution is -0.137. The van der Waals surface area contributed by atoms with Gasteiger partial charge in [-0.15, -0.1) is 5.10 Å². The number of rotatable bonds is 10. The number of benzene rings is 2. The molecule has 3 heterocycles. The third-order valence-electron chi connectivity index (χ3n) is 7.88. The van der Waals surface area contributed by atoms with Crippen LogP contribution >= 0.6 is 0 Å². The van der Waals surface area contributed by atoms with Crippen LogP contribution < -0.4 is 15.4 Å². The van der Waals surface area contributed by atoms with Crippen molar-refractivity contribution >= 4 is 34.2 Å². The molecule has 0 atom stereocenters. The molecule has 1 aliphatic carbocycles. The molecule has 222 valence electrons. The highest BCUT2D eigenvalue weighted by molar-refractivity contribution is 6.15. The molecule has 2 fully saturated rings. The summed E-state index contributed by atoms with van der Waals surface area (Å²) in [5.41, 5.74) is 1.72. The lowest BCUT2D eigenvalue weighted by Crippen LogP contribution is -2.43. The zero-order valence-electron chi connectivity index (χ0n) is 23.7. The lowest BCUT2D eigenvalue weighted by Gasteiger charge is -2.26. The molecule has 12 heteroatoms. The van der Waals surface area contributed by atoms with Gasteiger partial charge in [-0.1, -0.05) is 42.0 Å². The van der Waals surface area contributed by atoms with Crippen LogP contribution in [0.25, 0.3) is 10.8 Å². The highest BCUT2D eigenvalue weighted by Crippen LogP contribution is 2.27. The molecule has 0 spiro atoms. The maximum atomic E-state index is 13.6. The van der Waals surface area contributed by atoms with Crippen molar-refractivity contribution in [2.75, 3.05) is 44.8 Å². The van der Waals surface area contributed by atoms with Crippen LogP contribution in [0.5, 0.6) is 5.88 Å². The second kappa shape index (κ2) is 13.0. The summed E-state index contributed by atoms with van der Waals surface area (Å²) in [5.74, 6) is -0.418. The van der Waals surface area contributed by atoms with Crippen molar-refractivity contribution in [2.45, 2.75) is 25.8 Å². The smallest absolute Gasteiger partial charge is 0.272 e. The summed E-state index contributed by atoms with van der Waals surface area (Å²) >= 11 is 0. The maximum absolute atomic E-state index is 13.6. The van der Waals surface area contributed by atoms with Crippen molar-refractivity contribution in [3.05, 3.63) is 77.7 Å². The minimum Gasteiger partial charge on any atom is -0.468 e. The van der Waals surface area contributed by atoms with Crippen molar-refractivity contribution in [2.24, 2.45) is 5.92 Å². The van der Waals surface area contributed by atoms with Crippen LogP contribution in [0.2, 0.25) is 0 Å². The number of morpholine rings is 1. The van der Waals surface area contributed by atoms with Crippen molar-refractivity contribution in [3.63, 3.8) is 0 Å². The van der Waals surface area contributed by atoms with Gasteiger partial charge in [0.1, 0.15) is 0 Å². The molecule has 2 aromatic heterocycles. The van der Waals surface area contributed by atoms with E-state index in [4.69, 9.17) is 9.47 Å². The Hall–Kier alpha value is -4.84. The van der Waals surface area contributed by atoms with Gasteiger partial charge in [0.2, 0.25) is 5.88 Å². The molecule has 0 radical (unpaired) electrons. The Kier molecular flexibility index (Phi) is 8.55. The monoisotopic (exact) mass is 583 g/mol. The van der Waals surface area contributed by atoms with Crippen LogP contribution in [-0.2, 0) is 16.1 Å². The molecule has 43 heavy (non-hydrogen) atoms. The second-order valence-corrected chi connectivity index (χ2v) is 10.7. The molecule has 1 saturated heterocycles. The molecule has 2 N–H and O–H groups in total. The van der Waals surface area contributed by atoms with E-state index in [0.29, 0.717) is 50.9 Å². The van der Waals surface area contributed by atoms with E-state index in [2.05, 4.69) is 25.9 Å². The maximum Gasteiger partial charge on any atom is 0.272 e. The van der Waals surface area contributed by atoms with Gasteiger partial charge < -0.3 is 25.0 Å². The zero-order chi connectivity index (χ0) is 29.6. The zero-order valence-corrected chi connectivity index (χ0v) is 23.7. The Labute approximate surface area is 248 Å². The van der Waals surface area contributed by atoms with E-state index in [1.807, 2.05) is 30.3 Å². The number of pyridine rings is 1. The quantitative estimate of drug-likeness (QED) is 0.290. The summed E-state index contributed by atoms with van der Waals surface area (Å²) in [5, 5.41) is 15.4. The van der Waals surface area contributed by atoms with Gasteiger partial charge >= 0.3 is 0 Å². The number of hydrogen-bond acceptors (Lipinski definition) is 8. The standard InChI is InChI=1S/C31H33N7O5/c39-28(37-14-16-42-17-15-37)20-43-27-11-10-26(29(35-27)31(41)32-18-21-4-3-5-21)34-30(40)25-9-8-22(19-38-13-12-33-36-38)23-6-1-2-7-24(23)25/h1-2,6-13,21H,3-5,14-20H2,(H,32,41)(H,34,40). The molecule has 3 amide bonds. The molecule has 2 aromatic carbocycles. The number of carbonyl (C=O) groups is 3. The fourth-order valence-electron chi connectivity index (χ4n) is 5.23. The van der Waals surface area contributed by atoms with Crippen LogP contribution in [0.1, 0.15) is 45.7 Å². The van der Waals surface area contributed by atoms with Crippen LogP contribution in [0, 0.1) is 5.92 Å². The Morgan fingerprint density at radius 1 is 0.977 bits per heavy atom. The molecule has 6 rings (SSSR count). The van der Waals surface area contributed by atoms with Gasteiger partial charge in [0.25, 0.3) is 17.7 Å². The van der Waals surface area contributed by atoms with Crippen LogP contribution in [0.15, 0.2) is 60.9 Å². The van der Waals surface area contributed by atoms with Crippen molar-refractivity contribution < 1.29 is 23.9 Å². The van der Waals surface area contributed by atoms with E-state index < -0.39 is 5.91 Å². The Morgan fingerprint density at radius 2 is 1.79 bits per heavy atom. The summed E-state index contributed by atoms with van der Waals surface area (Å²) in [4.78, 5) is 45.6. The Morgan fingerprint density at radius 3 is 2.53 bits per heavy atom. The molecular weight excluding hydrogens is 550 g/mol. The number of ether oxygens (including phenoxy) is 2. The number of hydrogen-bond donors (Lipinski definition) is 2. The first-order chi connectivity index (χ1) is 21.0. The average Bonchev–Trinajstić information content (AvgIpc) is 3.53. The molecule has 2 aliphatic rings. The van der Waals surface area contributed by atoms with Gasteiger partial charge in [-0.25, -0.2) is 9.67 Å². The van der Waals surface area contributed by atoms with Gasteiger partial charge in [0.15, 0.2) is 12.3 Å². The first-order valence-corrected chi connectivity index (χ1v) is 14.5. The SMILES string of the molecule is O=C(NCC1CCC1)c1nc(OCC(=O)N2CCOCC2)ccc1NC(=O)c1ccc(Cn2ccnn2)c2ccccc12. The number of carbonyl (C=O) groups excluding carboxylic acids is 3. The van der Waals surface area contributed by atoms with Gasteiger partial charge in [0, 0.05) is 37.5 Å². The third kappa shape index (κ3) is 6.64. The minimum absolute atomic E-state index is 0.0242. The highest BCUT2D eigenvalue weighted by Gasteiger charge is 2.23. The normalized spacial score (nSPS) is 15.1. The fourth-order valence-corrected chi connectivity index (χ4v) is 5.23. The van der Waals surface area contributed by atoms with Gasteiger partial charge in [-0.05, 0) is 47.2 Å². The van der Waals surface area contributed by atoms with Crippen LogP contribution in [0.4, 0.5) is 5.69 Å². The van der Waals surface area contributed by atoms with E-state index in [9.17, 15) is 14.4 Å². The van der Waals surface area contributed by atoms with Gasteiger partial charge in [-0.2, -0.15) is 0 Å². The largest absolute Gasteiger partial charge is 0.468 e. The number of amides is 3. The fraction of sp³-hybridized carbons (Fsp3) is 0.355. The van der Waals surface area contributed by atoms with Gasteiger partial charge in [0.05, 0.1) is 31.6 Å². The van der Waals surface area contributed by atoms with Crippen molar-refractivity contribution in [1.29, 1.82) is 0 Å². The van der Waals surface area contributed by atoms with E-state index in [0.717, 1.165) is 35.6 Å². The molecule has 12 nitrogen and oxygen atoms in total. The highest BCUT2D eigenvalue weighted by atomic mass is 16.5. The molecule has 1 saturated carbocycles. The third-order valence-corrected chi connectivity index (χ3v) is 7.88. The number of anilines is 1. The van der Waals surface area contributed by atoms with Crippen molar-refractivity contribution in [1.82, 2.24) is 30.2 Å². The predicted molar refractivity (Wildman–Crippen MR) is 158 cm³/mol. The topological polar surface area (TPSA) is 141 Å². The number of nitrogens with zero attached hydrogens (tertiary/aromatic N) is 5. The molecule has 0 unspecified atom stereocenters.